The van der Waals surface area contributed by atoms with E-state index in [1.54, 1.807) is 6.08 Å². The molecule has 0 bridgehead atoms. The van der Waals surface area contributed by atoms with Crippen molar-refractivity contribution in [3.8, 4) is 0 Å². The SMILES string of the molecule is CCCCCCCCCCCCC/C=C/CC/C=C/C(O)C(COC1OC(CO)C(O)C(O)C1O)NC(=O)C(O)CCCCCCCCCCC/C=C\CCCCCCCCCCCCCC. The highest BCUT2D eigenvalue weighted by atomic mass is 16.7. The number of carbonyl (C=O) groups excluding carboxylic acids is 1. The van der Waals surface area contributed by atoms with E-state index in [4.69, 9.17) is 9.47 Å². The Morgan fingerprint density at radius 3 is 1.30 bits per heavy atom. The summed E-state index contributed by atoms with van der Waals surface area (Å²) < 4.78 is 11.2. The number of aliphatic hydroxyl groups excluding tert-OH is 6. The molecule has 1 saturated heterocycles. The number of unbranched alkanes of at least 4 members (excludes halogenated alkanes) is 33. The molecule has 1 amide bonds. The van der Waals surface area contributed by atoms with Crippen molar-refractivity contribution in [1.29, 1.82) is 0 Å². The number of ether oxygens (including phenoxy) is 2. The van der Waals surface area contributed by atoms with Crippen molar-refractivity contribution < 1.29 is 44.9 Å². The Morgan fingerprint density at radius 2 is 0.881 bits per heavy atom. The van der Waals surface area contributed by atoms with E-state index in [0.717, 1.165) is 32.1 Å². The summed E-state index contributed by atoms with van der Waals surface area (Å²) in [7, 11) is 0. The quantitative estimate of drug-likeness (QED) is 0.0232. The molecule has 394 valence electrons. The summed E-state index contributed by atoms with van der Waals surface area (Å²) in [5, 5.41) is 65.0. The maximum atomic E-state index is 13.1. The third-order valence-electron chi connectivity index (χ3n) is 13.5. The van der Waals surface area contributed by atoms with Crippen LogP contribution < -0.4 is 5.32 Å². The van der Waals surface area contributed by atoms with E-state index in [-0.39, 0.29) is 6.61 Å². The summed E-state index contributed by atoms with van der Waals surface area (Å²) in [5.74, 6) is -0.626. The van der Waals surface area contributed by atoms with Crippen LogP contribution >= 0.6 is 0 Å². The van der Waals surface area contributed by atoms with Crippen molar-refractivity contribution in [2.45, 2.75) is 307 Å². The Labute approximate surface area is 411 Å². The first kappa shape index (κ1) is 63.4. The summed E-state index contributed by atoms with van der Waals surface area (Å²) in [4.78, 5) is 13.1. The second-order valence-electron chi connectivity index (χ2n) is 19.9. The van der Waals surface area contributed by atoms with Crippen LogP contribution in [0.1, 0.15) is 258 Å². The lowest BCUT2D eigenvalue weighted by molar-refractivity contribution is -0.302. The Hall–Kier alpha value is -1.63. The second-order valence-corrected chi connectivity index (χ2v) is 19.9. The van der Waals surface area contributed by atoms with E-state index >= 15 is 0 Å². The highest BCUT2D eigenvalue weighted by Gasteiger charge is 2.44. The lowest BCUT2D eigenvalue weighted by Crippen LogP contribution is -2.60. The van der Waals surface area contributed by atoms with Crippen LogP contribution in [0.3, 0.4) is 0 Å². The molecule has 0 saturated carbocycles. The number of aliphatic hydroxyl groups is 6. The van der Waals surface area contributed by atoms with E-state index in [0.29, 0.717) is 19.3 Å². The van der Waals surface area contributed by atoms with Gasteiger partial charge in [-0.2, -0.15) is 0 Å². The topological polar surface area (TPSA) is 169 Å². The first-order valence-corrected chi connectivity index (χ1v) is 28.3. The minimum absolute atomic E-state index is 0.302. The third kappa shape index (κ3) is 36.0. The normalized spacial score (nSPS) is 20.4. The van der Waals surface area contributed by atoms with Gasteiger partial charge in [0.25, 0.3) is 0 Å². The molecular weight excluding hydrogens is 843 g/mol. The number of amides is 1. The Balaban J connectivity index is 2.29. The van der Waals surface area contributed by atoms with Gasteiger partial charge in [0.15, 0.2) is 6.29 Å². The molecule has 67 heavy (non-hydrogen) atoms. The van der Waals surface area contributed by atoms with Gasteiger partial charge < -0.3 is 45.4 Å². The molecular formula is C57H107NO9. The van der Waals surface area contributed by atoms with Crippen LogP contribution in [0.4, 0.5) is 0 Å². The minimum atomic E-state index is -1.62. The van der Waals surface area contributed by atoms with Crippen LogP contribution in [-0.4, -0.2) is 98.7 Å². The molecule has 0 aromatic carbocycles. The van der Waals surface area contributed by atoms with Crippen molar-refractivity contribution in [3.05, 3.63) is 36.5 Å². The zero-order chi connectivity index (χ0) is 48.8. The van der Waals surface area contributed by atoms with Crippen LogP contribution in [0, 0.1) is 0 Å². The molecule has 8 atom stereocenters. The van der Waals surface area contributed by atoms with Crippen LogP contribution in [0.25, 0.3) is 0 Å². The Bertz CT molecular complexity index is 1160. The molecule has 1 fully saturated rings. The number of nitrogens with one attached hydrogen (secondary N) is 1. The predicted octanol–water partition coefficient (Wildman–Crippen LogP) is 12.5. The van der Waals surface area contributed by atoms with E-state index < -0.39 is 61.5 Å². The maximum Gasteiger partial charge on any atom is 0.249 e. The summed E-state index contributed by atoms with van der Waals surface area (Å²) in [6, 6.07) is -0.998. The number of allylic oxidation sites excluding steroid dienone is 5. The van der Waals surface area contributed by atoms with Crippen LogP contribution in [0.5, 0.6) is 0 Å². The molecule has 1 aliphatic heterocycles. The van der Waals surface area contributed by atoms with Gasteiger partial charge in [-0.3, -0.25) is 4.79 Å². The molecule has 0 aromatic rings. The minimum Gasteiger partial charge on any atom is -0.394 e. The van der Waals surface area contributed by atoms with Crippen molar-refractivity contribution >= 4 is 5.91 Å². The summed E-state index contributed by atoms with van der Waals surface area (Å²) in [5.41, 5.74) is 0. The van der Waals surface area contributed by atoms with Crippen LogP contribution in [0.15, 0.2) is 36.5 Å². The van der Waals surface area contributed by atoms with Crippen molar-refractivity contribution in [3.63, 3.8) is 0 Å². The molecule has 8 unspecified atom stereocenters. The highest BCUT2D eigenvalue weighted by molar-refractivity contribution is 5.80. The van der Waals surface area contributed by atoms with Gasteiger partial charge in [-0.1, -0.05) is 237 Å². The largest absolute Gasteiger partial charge is 0.394 e. The second kappa shape index (κ2) is 46.7. The van der Waals surface area contributed by atoms with Crippen molar-refractivity contribution in [2.75, 3.05) is 13.2 Å². The molecule has 0 spiro atoms. The maximum absolute atomic E-state index is 13.1. The van der Waals surface area contributed by atoms with E-state index in [1.165, 1.54) is 193 Å². The molecule has 0 radical (unpaired) electrons. The average Bonchev–Trinajstić information content (AvgIpc) is 3.33. The molecule has 10 nitrogen and oxygen atoms in total. The Morgan fingerprint density at radius 1 is 0.507 bits per heavy atom. The average molecular weight is 950 g/mol. The fraction of sp³-hybridized carbons (Fsp3) is 0.877. The van der Waals surface area contributed by atoms with Gasteiger partial charge in [0.1, 0.15) is 30.5 Å². The first-order chi connectivity index (χ1) is 32.8. The number of hydrogen-bond acceptors (Lipinski definition) is 9. The monoisotopic (exact) mass is 950 g/mol. The number of rotatable bonds is 48. The summed E-state index contributed by atoms with van der Waals surface area (Å²) in [6.45, 7) is 3.62. The number of hydrogen-bond donors (Lipinski definition) is 7. The van der Waals surface area contributed by atoms with Gasteiger partial charge in [0, 0.05) is 0 Å². The van der Waals surface area contributed by atoms with Crippen molar-refractivity contribution in [1.82, 2.24) is 5.32 Å². The highest BCUT2D eigenvalue weighted by Crippen LogP contribution is 2.23. The first-order valence-electron chi connectivity index (χ1n) is 28.3. The van der Waals surface area contributed by atoms with Gasteiger partial charge in [0.2, 0.25) is 5.91 Å². The van der Waals surface area contributed by atoms with Crippen LogP contribution in [-0.2, 0) is 14.3 Å². The smallest absolute Gasteiger partial charge is 0.249 e. The molecule has 0 aliphatic carbocycles. The lowest BCUT2D eigenvalue weighted by atomic mass is 9.99. The molecule has 7 N–H and O–H groups in total. The molecule has 1 aliphatic rings. The van der Waals surface area contributed by atoms with Gasteiger partial charge in [-0.05, 0) is 57.8 Å². The molecule has 1 rings (SSSR count). The Kier molecular flexibility index (Phi) is 44.2. The lowest BCUT2D eigenvalue weighted by Gasteiger charge is -2.40. The fourth-order valence-corrected chi connectivity index (χ4v) is 8.94. The van der Waals surface area contributed by atoms with Crippen molar-refractivity contribution in [2.24, 2.45) is 0 Å². The van der Waals surface area contributed by atoms with E-state index in [2.05, 4.69) is 43.5 Å². The molecule has 10 heteroatoms. The zero-order valence-corrected chi connectivity index (χ0v) is 43.3. The predicted molar refractivity (Wildman–Crippen MR) is 278 cm³/mol. The van der Waals surface area contributed by atoms with Gasteiger partial charge in [-0.15, -0.1) is 0 Å². The summed E-state index contributed by atoms with van der Waals surface area (Å²) >= 11 is 0. The van der Waals surface area contributed by atoms with Gasteiger partial charge in [0.05, 0.1) is 25.4 Å². The number of carbonyl (C=O) groups is 1. The summed E-state index contributed by atoms with van der Waals surface area (Å²) in [6.07, 6.45) is 49.6. The third-order valence-corrected chi connectivity index (χ3v) is 13.5. The van der Waals surface area contributed by atoms with Gasteiger partial charge in [-0.25, -0.2) is 0 Å². The molecule has 1 heterocycles. The van der Waals surface area contributed by atoms with E-state index in [9.17, 15) is 35.4 Å². The van der Waals surface area contributed by atoms with Gasteiger partial charge >= 0.3 is 0 Å². The fourth-order valence-electron chi connectivity index (χ4n) is 8.94. The standard InChI is InChI=1S/C57H107NO9/c1-3-5-7-9-11-13-15-17-19-21-22-23-24-25-26-27-28-30-32-34-36-38-40-42-44-46-51(61)56(65)58-49(48-66-57-55(64)54(63)53(62)52(47-59)67-57)50(60)45-43-41-39-37-35-33-31-29-20-18-16-14-12-10-8-6-4-2/h25-26,35,37,43,45,49-55,57,59-64H,3-24,27-34,36,38-42,44,46-48H2,1-2H3,(H,58,65)/b26-25-,37-35+,45-43+. The molecule has 0 aromatic heterocycles. The zero-order valence-electron chi connectivity index (χ0n) is 43.3. The van der Waals surface area contributed by atoms with Crippen LogP contribution in [0.2, 0.25) is 0 Å². The van der Waals surface area contributed by atoms with E-state index in [1.807, 2.05) is 6.08 Å².